The Hall–Kier alpha value is -3.92. The molecule has 0 radical (unpaired) electrons. The van der Waals surface area contributed by atoms with E-state index in [2.05, 4.69) is 51.6 Å². The van der Waals surface area contributed by atoms with Crippen molar-refractivity contribution >= 4 is 5.91 Å². The average molecular weight is 580 g/mol. The van der Waals surface area contributed by atoms with Gasteiger partial charge in [0.15, 0.2) is 6.29 Å². The van der Waals surface area contributed by atoms with Crippen LogP contribution in [-0.2, 0) is 27.4 Å². The summed E-state index contributed by atoms with van der Waals surface area (Å²) in [6, 6.07) is 28.0. The number of pyridine rings is 1. The molecular weight excluding hydrogens is 542 g/mol. The molecule has 2 saturated heterocycles. The highest BCUT2D eigenvalue weighted by Crippen LogP contribution is 2.38. The standard InChI is InChI=1S/C35H37N3O5/c39-24-25-6-8-28(9-7-25)33-20-32(23-38-15-17-41-18-16-38)42-35(43-33)29-12-10-27(11-13-29)30-4-1-3-26(19-30)21-37-34(40)31-5-2-14-36-22-31/h1-14,19,22,32-33,35,39H,15-18,20-21,23-24H2,(H,37,40)/t32-,33+,35+/m1/s1. The minimum atomic E-state index is -0.495. The van der Waals surface area contributed by atoms with E-state index >= 15 is 0 Å². The monoisotopic (exact) mass is 579 g/mol. The Kier molecular flexibility index (Phi) is 9.52. The van der Waals surface area contributed by atoms with E-state index in [1.807, 2.05) is 36.4 Å². The summed E-state index contributed by atoms with van der Waals surface area (Å²) >= 11 is 0. The normalized spacial score (nSPS) is 20.9. The molecule has 0 bridgehead atoms. The van der Waals surface area contributed by atoms with Crippen LogP contribution >= 0.6 is 0 Å². The first-order chi connectivity index (χ1) is 21.1. The largest absolute Gasteiger partial charge is 0.392 e. The first-order valence-electron chi connectivity index (χ1n) is 14.8. The van der Waals surface area contributed by atoms with Crippen molar-refractivity contribution in [1.29, 1.82) is 0 Å². The van der Waals surface area contributed by atoms with Crippen molar-refractivity contribution < 1.29 is 24.1 Å². The Balaban J connectivity index is 1.15. The molecule has 0 spiro atoms. The molecule has 222 valence electrons. The summed E-state index contributed by atoms with van der Waals surface area (Å²) < 4.78 is 18.6. The maximum Gasteiger partial charge on any atom is 0.253 e. The third-order valence-corrected chi connectivity index (χ3v) is 8.00. The van der Waals surface area contributed by atoms with E-state index in [-0.39, 0.29) is 24.7 Å². The molecular formula is C35H37N3O5. The summed E-state index contributed by atoms with van der Waals surface area (Å²) in [5.74, 6) is -0.148. The van der Waals surface area contributed by atoms with Crippen LogP contribution in [0.3, 0.4) is 0 Å². The molecule has 0 aliphatic carbocycles. The summed E-state index contributed by atoms with van der Waals surface area (Å²) in [5, 5.41) is 12.4. The molecule has 4 aromatic rings. The zero-order valence-electron chi connectivity index (χ0n) is 24.1. The number of benzene rings is 3. The van der Waals surface area contributed by atoms with Crippen LogP contribution in [0.4, 0.5) is 0 Å². The molecule has 2 aliphatic rings. The number of amides is 1. The van der Waals surface area contributed by atoms with Crippen LogP contribution in [0.25, 0.3) is 11.1 Å². The first kappa shape index (κ1) is 29.2. The van der Waals surface area contributed by atoms with E-state index in [4.69, 9.17) is 14.2 Å². The maximum atomic E-state index is 12.4. The lowest BCUT2D eigenvalue weighted by atomic mass is 9.99. The molecule has 2 aliphatic heterocycles. The molecule has 43 heavy (non-hydrogen) atoms. The highest BCUT2D eigenvalue weighted by atomic mass is 16.7. The number of hydrogen-bond acceptors (Lipinski definition) is 7. The molecule has 2 fully saturated rings. The van der Waals surface area contributed by atoms with E-state index in [1.165, 1.54) is 0 Å². The SMILES string of the molecule is O=C(NCc1cccc(-c2ccc([C@H]3O[C@@H](CN4CCOCC4)C[C@@H](c4ccc(CO)cc4)O3)cc2)c1)c1cccnc1. The number of carbonyl (C=O) groups is 1. The lowest BCUT2D eigenvalue weighted by Crippen LogP contribution is -2.44. The molecule has 8 heteroatoms. The predicted octanol–water partition coefficient (Wildman–Crippen LogP) is 5.05. The maximum absolute atomic E-state index is 12.4. The molecule has 0 saturated carbocycles. The van der Waals surface area contributed by atoms with E-state index < -0.39 is 6.29 Å². The summed E-state index contributed by atoms with van der Waals surface area (Å²) in [7, 11) is 0. The number of ether oxygens (including phenoxy) is 3. The Bertz CT molecular complexity index is 1470. The van der Waals surface area contributed by atoms with Gasteiger partial charge in [-0.2, -0.15) is 0 Å². The van der Waals surface area contributed by atoms with Gasteiger partial charge in [0.25, 0.3) is 5.91 Å². The fraction of sp³-hybridized carbons (Fsp3) is 0.314. The second-order valence-corrected chi connectivity index (χ2v) is 11.0. The fourth-order valence-electron chi connectivity index (χ4n) is 5.58. The Labute approximate surface area is 252 Å². The van der Waals surface area contributed by atoms with Gasteiger partial charge in [-0.3, -0.25) is 14.7 Å². The van der Waals surface area contributed by atoms with Crippen molar-refractivity contribution in [2.24, 2.45) is 0 Å². The third kappa shape index (κ3) is 7.54. The van der Waals surface area contributed by atoms with Crippen LogP contribution in [0, 0.1) is 0 Å². The van der Waals surface area contributed by atoms with Gasteiger partial charge in [-0.15, -0.1) is 0 Å². The summed E-state index contributed by atoms with van der Waals surface area (Å²) in [6.07, 6.45) is 3.37. The van der Waals surface area contributed by atoms with Gasteiger partial charge >= 0.3 is 0 Å². The number of morpholine rings is 1. The lowest BCUT2D eigenvalue weighted by molar-refractivity contribution is -0.253. The lowest BCUT2D eigenvalue weighted by Gasteiger charge is -2.39. The van der Waals surface area contributed by atoms with Crippen molar-refractivity contribution in [3.8, 4) is 11.1 Å². The first-order valence-corrected chi connectivity index (χ1v) is 14.8. The average Bonchev–Trinajstić information content (AvgIpc) is 3.08. The molecule has 3 atom stereocenters. The van der Waals surface area contributed by atoms with Gasteiger partial charge in [-0.05, 0) is 46.0 Å². The minimum absolute atomic E-state index is 0.0117. The van der Waals surface area contributed by atoms with Crippen molar-refractivity contribution in [2.75, 3.05) is 32.8 Å². The second-order valence-electron chi connectivity index (χ2n) is 11.0. The number of rotatable bonds is 9. The zero-order valence-corrected chi connectivity index (χ0v) is 24.1. The van der Waals surface area contributed by atoms with Crippen molar-refractivity contribution in [1.82, 2.24) is 15.2 Å². The van der Waals surface area contributed by atoms with Crippen LogP contribution in [0.5, 0.6) is 0 Å². The molecule has 1 aromatic heterocycles. The number of carbonyl (C=O) groups excluding carboxylic acids is 1. The molecule has 1 amide bonds. The van der Waals surface area contributed by atoms with Gasteiger partial charge < -0.3 is 24.6 Å². The molecule has 0 unspecified atom stereocenters. The van der Waals surface area contributed by atoms with E-state index in [0.717, 1.165) is 72.6 Å². The van der Waals surface area contributed by atoms with Crippen LogP contribution in [0.2, 0.25) is 0 Å². The van der Waals surface area contributed by atoms with Gasteiger partial charge in [-0.25, -0.2) is 0 Å². The topological polar surface area (TPSA) is 93.2 Å². The molecule has 3 aromatic carbocycles. The van der Waals surface area contributed by atoms with Crippen molar-refractivity contribution in [3.63, 3.8) is 0 Å². The summed E-state index contributed by atoms with van der Waals surface area (Å²) in [4.78, 5) is 18.9. The molecule has 3 heterocycles. The van der Waals surface area contributed by atoms with Crippen molar-refractivity contribution in [2.45, 2.75) is 38.1 Å². The van der Waals surface area contributed by atoms with Crippen LogP contribution < -0.4 is 5.32 Å². The highest BCUT2D eigenvalue weighted by molar-refractivity contribution is 5.93. The number of aliphatic hydroxyl groups excluding tert-OH is 1. The Morgan fingerprint density at radius 3 is 2.42 bits per heavy atom. The van der Waals surface area contributed by atoms with Gasteiger partial charge in [0, 0.05) is 50.6 Å². The zero-order chi connectivity index (χ0) is 29.4. The smallest absolute Gasteiger partial charge is 0.253 e. The Morgan fingerprint density at radius 2 is 1.67 bits per heavy atom. The van der Waals surface area contributed by atoms with Crippen LogP contribution in [0.1, 0.15) is 51.4 Å². The van der Waals surface area contributed by atoms with Crippen LogP contribution in [-0.4, -0.2) is 59.8 Å². The van der Waals surface area contributed by atoms with Gasteiger partial charge in [-0.1, -0.05) is 66.7 Å². The van der Waals surface area contributed by atoms with Gasteiger partial charge in [0.1, 0.15) is 0 Å². The van der Waals surface area contributed by atoms with E-state index in [1.54, 1.807) is 24.5 Å². The minimum Gasteiger partial charge on any atom is -0.392 e. The summed E-state index contributed by atoms with van der Waals surface area (Å²) in [6.45, 7) is 4.58. The molecule has 8 nitrogen and oxygen atoms in total. The number of nitrogens with zero attached hydrogens (tertiary/aromatic N) is 2. The fourth-order valence-corrected chi connectivity index (χ4v) is 5.58. The summed E-state index contributed by atoms with van der Waals surface area (Å²) in [5.41, 5.74) is 6.62. The number of hydrogen-bond donors (Lipinski definition) is 2. The Morgan fingerprint density at radius 1 is 0.884 bits per heavy atom. The predicted molar refractivity (Wildman–Crippen MR) is 163 cm³/mol. The molecule has 2 N–H and O–H groups in total. The second kappa shape index (κ2) is 14.0. The van der Waals surface area contributed by atoms with Crippen LogP contribution in [0.15, 0.2) is 97.3 Å². The quantitative estimate of drug-likeness (QED) is 0.287. The number of nitrogens with one attached hydrogen (secondary N) is 1. The van der Waals surface area contributed by atoms with Gasteiger partial charge in [0.05, 0.1) is 37.6 Å². The highest BCUT2D eigenvalue weighted by Gasteiger charge is 2.33. The molecule has 6 rings (SSSR count). The number of aromatic nitrogens is 1. The van der Waals surface area contributed by atoms with Gasteiger partial charge in [0.2, 0.25) is 0 Å². The van der Waals surface area contributed by atoms with Crippen molar-refractivity contribution in [3.05, 3.63) is 125 Å². The van der Waals surface area contributed by atoms with E-state index in [9.17, 15) is 9.90 Å². The number of aliphatic hydroxyl groups is 1. The van der Waals surface area contributed by atoms with E-state index in [0.29, 0.717) is 12.1 Å². The third-order valence-electron chi connectivity index (χ3n) is 8.00.